The number of carboxylic acid groups (broad SMARTS) is 1. The van der Waals surface area contributed by atoms with Crippen LogP contribution >= 0.6 is 0 Å². The fraction of sp³-hybridized carbons (Fsp3) is 0.286. The Bertz CT molecular complexity index is 857. The van der Waals surface area contributed by atoms with Gasteiger partial charge < -0.3 is 14.3 Å². The highest BCUT2D eigenvalue weighted by atomic mass is 16.5. The Labute approximate surface area is 152 Å². The van der Waals surface area contributed by atoms with Gasteiger partial charge in [0.15, 0.2) is 0 Å². The summed E-state index contributed by atoms with van der Waals surface area (Å²) in [7, 11) is 0. The number of aliphatic carboxylic acids is 1. The SMILES string of the molecule is CCCCc1oc2ccccc2c1CNC(Oc1ccccc1)C(=O)O. The number of nitrogens with one attached hydrogen (secondary N) is 1. The van der Waals surface area contributed by atoms with Crippen molar-refractivity contribution in [3.05, 3.63) is 65.9 Å². The summed E-state index contributed by atoms with van der Waals surface area (Å²) in [4.78, 5) is 11.6. The molecule has 0 bridgehead atoms. The molecule has 5 heteroatoms. The lowest BCUT2D eigenvalue weighted by Crippen LogP contribution is -2.41. The molecule has 0 fully saturated rings. The molecule has 3 rings (SSSR count). The van der Waals surface area contributed by atoms with E-state index in [1.54, 1.807) is 24.3 Å². The number of hydrogen-bond acceptors (Lipinski definition) is 4. The van der Waals surface area contributed by atoms with Crippen LogP contribution in [0.2, 0.25) is 0 Å². The average Bonchev–Trinajstić information content (AvgIpc) is 3.01. The van der Waals surface area contributed by atoms with Crippen molar-refractivity contribution in [2.75, 3.05) is 0 Å². The average molecular weight is 353 g/mol. The summed E-state index contributed by atoms with van der Waals surface area (Å²) < 4.78 is 11.6. The van der Waals surface area contributed by atoms with Gasteiger partial charge in [-0.15, -0.1) is 0 Å². The number of aryl methyl sites for hydroxylation is 1. The monoisotopic (exact) mass is 353 g/mol. The molecule has 26 heavy (non-hydrogen) atoms. The predicted molar refractivity (Wildman–Crippen MR) is 100 cm³/mol. The molecule has 0 aliphatic heterocycles. The van der Waals surface area contributed by atoms with Crippen LogP contribution in [0.4, 0.5) is 0 Å². The molecule has 0 aliphatic rings. The van der Waals surface area contributed by atoms with Gasteiger partial charge in [-0.05, 0) is 24.6 Å². The quantitative estimate of drug-likeness (QED) is 0.560. The molecule has 1 aromatic heterocycles. The van der Waals surface area contributed by atoms with Gasteiger partial charge in [0.05, 0.1) is 0 Å². The van der Waals surface area contributed by atoms with E-state index in [2.05, 4.69) is 12.2 Å². The molecular weight excluding hydrogens is 330 g/mol. The maximum absolute atomic E-state index is 11.6. The van der Waals surface area contributed by atoms with E-state index in [1.165, 1.54) is 0 Å². The van der Waals surface area contributed by atoms with Crippen LogP contribution < -0.4 is 10.1 Å². The van der Waals surface area contributed by atoms with Crippen LogP contribution in [-0.4, -0.2) is 17.3 Å². The molecular formula is C21H23NO4. The third-order valence-electron chi connectivity index (χ3n) is 4.22. The van der Waals surface area contributed by atoms with E-state index in [-0.39, 0.29) is 0 Å². The summed E-state index contributed by atoms with van der Waals surface area (Å²) in [6, 6.07) is 16.8. The molecule has 0 radical (unpaired) electrons. The van der Waals surface area contributed by atoms with Crippen molar-refractivity contribution in [2.45, 2.75) is 39.0 Å². The van der Waals surface area contributed by atoms with E-state index < -0.39 is 12.2 Å². The Morgan fingerprint density at radius 3 is 2.62 bits per heavy atom. The first-order valence-electron chi connectivity index (χ1n) is 8.86. The standard InChI is InChI=1S/C21H23NO4/c1-2-3-12-19-17(16-11-7-8-13-18(16)26-19)14-22-20(21(23)24)25-15-9-5-4-6-10-15/h4-11,13,20,22H,2-3,12,14H2,1H3,(H,23,24). The molecule has 1 heterocycles. The minimum Gasteiger partial charge on any atom is -0.477 e. The molecule has 0 saturated carbocycles. The fourth-order valence-corrected chi connectivity index (χ4v) is 2.89. The van der Waals surface area contributed by atoms with Crippen molar-refractivity contribution >= 4 is 16.9 Å². The first kappa shape index (κ1) is 18.0. The van der Waals surface area contributed by atoms with Crippen molar-refractivity contribution in [1.82, 2.24) is 5.32 Å². The van der Waals surface area contributed by atoms with Gasteiger partial charge in [-0.2, -0.15) is 0 Å². The van der Waals surface area contributed by atoms with Crippen molar-refractivity contribution < 1.29 is 19.1 Å². The zero-order valence-electron chi connectivity index (χ0n) is 14.8. The number of carbonyl (C=O) groups is 1. The molecule has 136 valence electrons. The van der Waals surface area contributed by atoms with Crippen LogP contribution in [0.3, 0.4) is 0 Å². The lowest BCUT2D eigenvalue weighted by atomic mass is 10.1. The lowest BCUT2D eigenvalue weighted by Gasteiger charge is -2.16. The second-order valence-electron chi connectivity index (χ2n) is 6.13. The van der Waals surface area contributed by atoms with Gasteiger partial charge in [0.25, 0.3) is 0 Å². The Hall–Kier alpha value is -2.79. The number of unbranched alkanes of at least 4 members (excludes halogenated alkanes) is 1. The van der Waals surface area contributed by atoms with Crippen LogP contribution in [0, 0.1) is 0 Å². The van der Waals surface area contributed by atoms with Gasteiger partial charge in [0.1, 0.15) is 17.1 Å². The number of furan rings is 1. The summed E-state index contributed by atoms with van der Waals surface area (Å²) in [5.74, 6) is 0.358. The molecule has 0 spiro atoms. The zero-order chi connectivity index (χ0) is 18.4. The minimum absolute atomic E-state index is 0.361. The number of benzene rings is 2. The van der Waals surface area contributed by atoms with Crippen molar-refractivity contribution in [2.24, 2.45) is 0 Å². The largest absolute Gasteiger partial charge is 0.477 e. The van der Waals surface area contributed by atoms with E-state index in [0.717, 1.165) is 41.6 Å². The molecule has 0 amide bonds. The summed E-state index contributed by atoms with van der Waals surface area (Å²) >= 11 is 0. The van der Waals surface area contributed by atoms with Crippen molar-refractivity contribution in [1.29, 1.82) is 0 Å². The molecule has 0 aliphatic carbocycles. The molecule has 1 atom stereocenters. The third kappa shape index (κ3) is 4.24. The lowest BCUT2D eigenvalue weighted by molar-refractivity contribution is -0.146. The van der Waals surface area contributed by atoms with Crippen molar-refractivity contribution in [3.63, 3.8) is 0 Å². The molecule has 5 nitrogen and oxygen atoms in total. The maximum Gasteiger partial charge on any atom is 0.360 e. The second-order valence-corrected chi connectivity index (χ2v) is 6.13. The van der Waals surface area contributed by atoms with Crippen LogP contribution in [0.25, 0.3) is 11.0 Å². The summed E-state index contributed by atoms with van der Waals surface area (Å²) in [5.41, 5.74) is 1.82. The second kappa shape index (κ2) is 8.54. The van der Waals surface area contributed by atoms with E-state index >= 15 is 0 Å². The highest BCUT2D eigenvalue weighted by Gasteiger charge is 2.21. The van der Waals surface area contributed by atoms with E-state index in [0.29, 0.717) is 12.3 Å². The summed E-state index contributed by atoms with van der Waals surface area (Å²) in [6.07, 6.45) is 1.79. The number of ether oxygens (including phenoxy) is 1. The maximum atomic E-state index is 11.6. The van der Waals surface area contributed by atoms with Gasteiger partial charge in [-0.1, -0.05) is 49.7 Å². The normalized spacial score (nSPS) is 12.2. The van der Waals surface area contributed by atoms with E-state index in [4.69, 9.17) is 9.15 Å². The molecule has 3 aromatic rings. The number of para-hydroxylation sites is 2. The van der Waals surface area contributed by atoms with E-state index in [9.17, 15) is 9.90 Å². The zero-order valence-corrected chi connectivity index (χ0v) is 14.8. The molecule has 0 saturated heterocycles. The smallest absolute Gasteiger partial charge is 0.360 e. The van der Waals surface area contributed by atoms with Crippen LogP contribution in [-0.2, 0) is 17.8 Å². The topological polar surface area (TPSA) is 71.7 Å². The van der Waals surface area contributed by atoms with Gasteiger partial charge in [0.2, 0.25) is 6.23 Å². The Kier molecular flexibility index (Phi) is 5.92. The van der Waals surface area contributed by atoms with Gasteiger partial charge >= 0.3 is 5.97 Å². The Balaban J connectivity index is 1.79. The predicted octanol–water partition coefficient (Wildman–Crippen LogP) is 4.35. The Morgan fingerprint density at radius 2 is 1.88 bits per heavy atom. The third-order valence-corrected chi connectivity index (χ3v) is 4.22. The highest BCUT2D eigenvalue weighted by Crippen LogP contribution is 2.27. The van der Waals surface area contributed by atoms with Crippen LogP contribution in [0.5, 0.6) is 5.75 Å². The molecule has 2 aromatic carbocycles. The number of fused-ring (bicyclic) bond motifs is 1. The van der Waals surface area contributed by atoms with E-state index in [1.807, 2.05) is 30.3 Å². The van der Waals surface area contributed by atoms with Crippen LogP contribution in [0.1, 0.15) is 31.1 Å². The van der Waals surface area contributed by atoms with Crippen LogP contribution in [0.15, 0.2) is 59.0 Å². The minimum atomic E-state index is -1.13. The van der Waals surface area contributed by atoms with Crippen molar-refractivity contribution in [3.8, 4) is 5.75 Å². The molecule has 2 N–H and O–H groups in total. The summed E-state index contributed by atoms with van der Waals surface area (Å²) in [6.45, 7) is 2.49. The highest BCUT2D eigenvalue weighted by molar-refractivity contribution is 5.82. The fourth-order valence-electron chi connectivity index (χ4n) is 2.89. The Morgan fingerprint density at radius 1 is 1.15 bits per heavy atom. The molecule has 1 unspecified atom stereocenters. The first-order chi connectivity index (χ1) is 12.7. The number of hydrogen-bond donors (Lipinski definition) is 2. The number of rotatable bonds is 9. The van der Waals surface area contributed by atoms with Gasteiger partial charge in [-0.3, -0.25) is 5.32 Å². The van der Waals surface area contributed by atoms with Gasteiger partial charge in [-0.25, -0.2) is 4.79 Å². The van der Waals surface area contributed by atoms with Gasteiger partial charge in [0, 0.05) is 23.9 Å². The number of carboxylic acids is 1. The first-order valence-corrected chi connectivity index (χ1v) is 8.86. The summed E-state index contributed by atoms with van der Waals surface area (Å²) in [5, 5.41) is 13.5.